The first-order valence-electron chi connectivity index (χ1n) is 5.18. The Kier molecular flexibility index (Phi) is 3.60. The van der Waals surface area contributed by atoms with E-state index in [9.17, 15) is 9.18 Å². The van der Waals surface area contributed by atoms with Gasteiger partial charge in [0.05, 0.1) is 5.02 Å². The molecule has 5 heteroatoms. The quantitative estimate of drug-likeness (QED) is 0.498. The Bertz CT molecular complexity index is 584. The minimum Gasteiger partial charge on any atom is -0.290 e. The number of hydrazine groups is 1. The van der Waals surface area contributed by atoms with E-state index in [4.69, 9.17) is 17.4 Å². The van der Waals surface area contributed by atoms with Crippen LogP contribution in [0.2, 0.25) is 5.02 Å². The molecule has 2 rings (SSSR count). The smallest absolute Gasteiger partial charge is 0.265 e. The van der Waals surface area contributed by atoms with Crippen LogP contribution in [-0.4, -0.2) is 5.91 Å². The van der Waals surface area contributed by atoms with Gasteiger partial charge in [0.1, 0.15) is 5.82 Å². The van der Waals surface area contributed by atoms with Crippen molar-refractivity contribution in [1.82, 2.24) is 5.43 Å². The van der Waals surface area contributed by atoms with Crippen LogP contribution in [0.4, 0.5) is 4.39 Å². The van der Waals surface area contributed by atoms with Crippen molar-refractivity contribution < 1.29 is 9.18 Å². The van der Waals surface area contributed by atoms with Gasteiger partial charge in [-0.1, -0.05) is 29.8 Å². The lowest BCUT2D eigenvalue weighted by Crippen LogP contribution is -2.29. The van der Waals surface area contributed by atoms with Gasteiger partial charge in [0.25, 0.3) is 5.91 Å². The van der Waals surface area contributed by atoms with Crippen molar-refractivity contribution >= 4 is 17.5 Å². The molecule has 0 aromatic heterocycles. The van der Waals surface area contributed by atoms with E-state index in [1.54, 1.807) is 30.3 Å². The average Bonchev–Trinajstić information content (AvgIpc) is 2.41. The molecule has 18 heavy (non-hydrogen) atoms. The lowest BCUT2D eigenvalue weighted by Gasteiger charge is -2.04. The van der Waals surface area contributed by atoms with Gasteiger partial charge in [-0.3, -0.25) is 10.2 Å². The van der Waals surface area contributed by atoms with Crippen molar-refractivity contribution in [2.75, 3.05) is 0 Å². The van der Waals surface area contributed by atoms with E-state index >= 15 is 0 Å². The van der Waals surface area contributed by atoms with Crippen molar-refractivity contribution in [2.24, 2.45) is 5.84 Å². The summed E-state index contributed by atoms with van der Waals surface area (Å²) in [5.41, 5.74) is 3.96. The van der Waals surface area contributed by atoms with Crippen molar-refractivity contribution in [3.05, 3.63) is 58.9 Å². The molecule has 1 amide bonds. The van der Waals surface area contributed by atoms with E-state index in [0.29, 0.717) is 11.1 Å². The van der Waals surface area contributed by atoms with Crippen LogP contribution in [0.3, 0.4) is 0 Å². The van der Waals surface area contributed by atoms with Gasteiger partial charge in [0.2, 0.25) is 0 Å². The van der Waals surface area contributed by atoms with Gasteiger partial charge in [0.15, 0.2) is 0 Å². The Balaban J connectivity index is 2.34. The molecule has 92 valence electrons. The van der Waals surface area contributed by atoms with Crippen LogP contribution in [0.25, 0.3) is 11.1 Å². The summed E-state index contributed by atoms with van der Waals surface area (Å²) in [7, 11) is 0. The van der Waals surface area contributed by atoms with E-state index in [2.05, 4.69) is 0 Å². The summed E-state index contributed by atoms with van der Waals surface area (Å²) in [5, 5.41) is 0.0814. The summed E-state index contributed by atoms with van der Waals surface area (Å²) < 4.78 is 13.3. The van der Waals surface area contributed by atoms with Gasteiger partial charge in [-0.25, -0.2) is 10.2 Å². The molecule has 0 aliphatic heterocycles. The normalized spacial score (nSPS) is 10.2. The van der Waals surface area contributed by atoms with Crippen molar-refractivity contribution in [3.63, 3.8) is 0 Å². The predicted octanol–water partition coefficient (Wildman–Crippen LogP) is 2.75. The highest BCUT2D eigenvalue weighted by Crippen LogP contribution is 2.24. The highest BCUT2D eigenvalue weighted by molar-refractivity contribution is 6.30. The molecule has 0 aliphatic rings. The van der Waals surface area contributed by atoms with Gasteiger partial charge in [-0.2, -0.15) is 0 Å². The Labute approximate surface area is 108 Å². The zero-order valence-electron chi connectivity index (χ0n) is 9.28. The standard InChI is InChI=1S/C13H10ClFN2O/c14-11-6-5-10(7-12(11)15)8-1-3-9(4-2-8)13(18)17-16/h1-7H,16H2,(H,17,18). The number of nitrogens with one attached hydrogen (secondary N) is 1. The van der Waals surface area contributed by atoms with E-state index in [0.717, 1.165) is 5.56 Å². The summed E-state index contributed by atoms with van der Waals surface area (Å²) >= 11 is 5.61. The number of nitrogens with two attached hydrogens (primary N) is 1. The Morgan fingerprint density at radius 3 is 2.28 bits per heavy atom. The maximum absolute atomic E-state index is 13.3. The molecule has 0 atom stereocenters. The fraction of sp³-hybridized carbons (Fsp3) is 0. The summed E-state index contributed by atoms with van der Waals surface area (Å²) in [6.45, 7) is 0. The highest BCUT2D eigenvalue weighted by Gasteiger charge is 2.06. The molecule has 2 aromatic rings. The number of carbonyl (C=O) groups is 1. The van der Waals surface area contributed by atoms with Crippen molar-refractivity contribution in [1.29, 1.82) is 0 Å². The monoisotopic (exact) mass is 264 g/mol. The first kappa shape index (κ1) is 12.5. The predicted molar refractivity (Wildman–Crippen MR) is 68.5 cm³/mol. The number of halogens is 2. The van der Waals surface area contributed by atoms with Crippen molar-refractivity contribution in [2.45, 2.75) is 0 Å². The molecular weight excluding hydrogens is 255 g/mol. The van der Waals surface area contributed by atoms with Gasteiger partial charge >= 0.3 is 0 Å². The molecule has 0 unspecified atom stereocenters. The van der Waals surface area contributed by atoms with Crippen LogP contribution >= 0.6 is 11.6 Å². The van der Waals surface area contributed by atoms with Crippen LogP contribution in [-0.2, 0) is 0 Å². The SMILES string of the molecule is NNC(=O)c1ccc(-c2ccc(Cl)c(F)c2)cc1. The second kappa shape index (κ2) is 5.16. The summed E-state index contributed by atoms with van der Waals surface area (Å²) in [6, 6.07) is 11.2. The first-order valence-corrected chi connectivity index (χ1v) is 5.56. The fourth-order valence-electron chi connectivity index (χ4n) is 1.57. The van der Waals surface area contributed by atoms with Gasteiger partial charge < -0.3 is 0 Å². The first-order chi connectivity index (χ1) is 8.61. The molecule has 0 aliphatic carbocycles. The largest absolute Gasteiger partial charge is 0.290 e. The van der Waals surface area contributed by atoms with E-state index < -0.39 is 5.82 Å². The molecule has 0 spiro atoms. The number of benzene rings is 2. The molecule has 0 saturated carbocycles. The Morgan fingerprint density at radius 1 is 1.11 bits per heavy atom. The Hall–Kier alpha value is -1.91. The van der Waals surface area contributed by atoms with Gasteiger partial charge in [0, 0.05) is 5.56 Å². The molecule has 3 nitrogen and oxygen atoms in total. The van der Waals surface area contributed by atoms with Gasteiger partial charge in [-0.15, -0.1) is 0 Å². The molecule has 3 N–H and O–H groups in total. The third-order valence-corrected chi connectivity index (χ3v) is 2.84. The molecule has 0 saturated heterocycles. The summed E-state index contributed by atoms with van der Waals surface area (Å²) in [6.07, 6.45) is 0. The van der Waals surface area contributed by atoms with E-state index in [-0.39, 0.29) is 10.9 Å². The van der Waals surface area contributed by atoms with Crippen LogP contribution < -0.4 is 11.3 Å². The highest BCUT2D eigenvalue weighted by atomic mass is 35.5. The minimum atomic E-state index is -0.474. The molecular formula is C13H10ClFN2O. The summed E-state index contributed by atoms with van der Waals surface area (Å²) in [4.78, 5) is 11.2. The zero-order chi connectivity index (χ0) is 13.1. The molecule has 0 bridgehead atoms. The van der Waals surface area contributed by atoms with Gasteiger partial charge in [-0.05, 0) is 35.4 Å². The minimum absolute atomic E-state index is 0.0814. The Morgan fingerprint density at radius 2 is 1.72 bits per heavy atom. The average molecular weight is 265 g/mol. The maximum Gasteiger partial charge on any atom is 0.265 e. The van der Waals surface area contributed by atoms with Crippen LogP contribution in [0.1, 0.15) is 10.4 Å². The topological polar surface area (TPSA) is 55.1 Å². The third-order valence-electron chi connectivity index (χ3n) is 2.53. The second-order valence-electron chi connectivity index (χ2n) is 3.68. The zero-order valence-corrected chi connectivity index (χ0v) is 10.0. The number of hydrogen-bond donors (Lipinski definition) is 2. The van der Waals surface area contributed by atoms with Crippen LogP contribution in [0.5, 0.6) is 0 Å². The number of hydrogen-bond acceptors (Lipinski definition) is 2. The number of rotatable bonds is 2. The molecule has 0 heterocycles. The molecule has 0 radical (unpaired) electrons. The second-order valence-corrected chi connectivity index (χ2v) is 4.09. The lowest BCUT2D eigenvalue weighted by atomic mass is 10.0. The number of carbonyl (C=O) groups excluding carboxylic acids is 1. The van der Waals surface area contributed by atoms with Crippen LogP contribution in [0, 0.1) is 5.82 Å². The number of nitrogen functional groups attached to an aromatic ring is 1. The summed E-state index contributed by atoms with van der Waals surface area (Å²) in [5.74, 6) is 4.18. The van der Waals surface area contributed by atoms with E-state index in [1.165, 1.54) is 12.1 Å². The van der Waals surface area contributed by atoms with Crippen molar-refractivity contribution in [3.8, 4) is 11.1 Å². The number of amides is 1. The van der Waals surface area contributed by atoms with Crippen LogP contribution in [0.15, 0.2) is 42.5 Å². The van der Waals surface area contributed by atoms with E-state index in [1.807, 2.05) is 5.43 Å². The molecule has 2 aromatic carbocycles. The fourth-order valence-corrected chi connectivity index (χ4v) is 1.69. The third kappa shape index (κ3) is 2.50. The lowest BCUT2D eigenvalue weighted by molar-refractivity contribution is 0.0953. The maximum atomic E-state index is 13.3. The molecule has 0 fully saturated rings.